The standard InChI is InChI=1S/C21H31N7O.2C2HF3O2/c1-21(2,22)18-15-28(25-24-18)14-16-7-11-26(12-8-16)19-6-5-17(13-23-19)20(29)27-9-3-4-10-27;2*3-2(4,5)1(6)7/h5-6,13,15-16H,3-4,7-12,14,22H2,1-2H3;2*(H,6,7). The second kappa shape index (κ2) is 14.5. The molecule has 0 atom stereocenters. The van der Waals surface area contributed by atoms with Gasteiger partial charge in [0.2, 0.25) is 0 Å². The second-order valence-corrected chi connectivity index (χ2v) is 10.5. The van der Waals surface area contributed by atoms with E-state index in [2.05, 4.69) is 20.2 Å². The Balaban J connectivity index is 0.000000384. The van der Waals surface area contributed by atoms with Gasteiger partial charge < -0.3 is 25.7 Å². The van der Waals surface area contributed by atoms with Crippen molar-refractivity contribution in [3.63, 3.8) is 0 Å². The normalized spacial score (nSPS) is 16.1. The molecule has 4 heterocycles. The molecular formula is C25H33F6N7O5. The van der Waals surface area contributed by atoms with Crippen molar-refractivity contribution in [3.8, 4) is 0 Å². The summed E-state index contributed by atoms with van der Waals surface area (Å²) in [5.74, 6) is -3.89. The van der Waals surface area contributed by atoms with Gasteiger partial charge in [0.1, 0.15) is 11.5 Å². The molecule has 4 rings (SSSR count). The number of aliphatic carboxylic acids is 2. The smallest absolute Gasteiger partial charge is 0.475 e. The molecule has 0 aliphatic carbocycles. The number of amides is 1. The summed E-state index contributed by atoms with van der Waals surface area (Å²) in [6.45, 7) is 8.40. The zero-order valence-electron chi connectivity index (χ0n) is 23.4. The van der Waals surface area contributed by atoms with Crippen molar-refractivity contribution in [2.75, 3.05) is 31.1 Å². The average molecular weight is 626 g/mol. The summed E-state index contributed by atoms with van der Waals surface area (Å²) in [7, 11) is 0. The van der Waals surface area contributed by atoms with E-state index in [-0.39, 0.29) is 5.91 Å². The average Bonchev–Trinajstić information content (AvgIpc) is 3.61. The number of pyridine rings is 1. The number of carboxylic acid groups (broad SMARTS) is 2. The summed E-state index contributed by atoms with van der Waals surface area (Å²) in [5, 5.41) is 22.7. The van der Waals surface area contributed by atoms with Crippen LogP contribution in [0.2, 0.25) is 0 Å². The lowest BCUT2D eigenvalue weighted by atomic mass is 9.96. The van der Waals surface area contributed by atoms with Gasteiger partial charge in [-0.25, -0.2) is 14.6 Å². The third-order valence-corrected chi connectivity index (χ3v) is 6.46. The number of alkyl halides is 6. The lowest BCUT2D eigenvalue weighted by Crippen LogP contribution is -2.35. The Kier molecular flexibility index (Phi) is 11.9. The van der Waals surface area contributed by atoms with Crippen LogP contribution in [0.15, 0.2) is 24.5 Å². The molecule has 2 aromatic rings. The number of hydrogen-bond acceptors (Lipinski definition) is 8. The molecule has 2 aliphatic rings. The molecule has 0 radical (unpaired) electrons. The lowest BCUT2D eigenvalue weighted by molar-refractivity contribution is -0.193. The van der Waals surface area contributed by atoms with Crippen LogP contribution >= 0.6 is 0 Å². The van der Waals surface area contributed by atoms with Crippen molar-refractivity contribution in [3.05, 3.63) is 35.8 Å². The van der Waals surface area contributed by atoms with Gasteiger partial charge in [-0.3, -0.25) is 9.48 Å². The van der Waals surface area contributed by atoms with Crippen molar-refractivity contribution in [1.29, 1.82) is 0 Å². The van der Waals surface area contributed by atoms with Gasteiger partial charge in [-0.15, -0.1) is 5.10 Å². The maximum Gasteiger partial charge on any atom is 0.490 e. The summed E-state index contributed by atoms with van der Waals surface area (Å²) in [6.07, 6.45) is -2.11. The van der Waals surface area contributed by atoms with E-state index in [1.54, 1.807) is 6.20 Å². The van der Waals surface area contributed by atoms with Crippen LogP contribution in [-0.2, 0) is 21.7 Å². The number of hydrogen-bond donors (Lipinski definition) is 3. The predicted molar refractivity (Wildman–Crippen MR) is 139 cm³/mol. The Morgan fingerprint density at radius 3 is 1.84 bits per heavy atom. The van der Waals surface area contributed by atoms with Gasteiger partial charge in [0.25, 0.3) is 5.91 Å². The summed E-state index contributed by atoms with van der Waals surface area (Å²) in [5.41, 5.74) is 7.15. The first-order valence-corrected chi connectivity index (χ1v) is 13.1. The fourth-order valence-electron chi connectivity index (χ4n) is 4.09. The monoisotopic (exact) mass is 625 g/mol. The van der Waals surface area contributed by atoms with Crippen LogP contribution in [0.25, 0.3) is 0 Å². The number of piperidine rings is 1. The Morgan fingerprint density at radius 1 is 0.930 bits per heavy atom. The molecule has 2 fully saturated rings. The van der Waals surface area contributed by atoms with E-state index in [0.717, 1.165) is 69.9 Å². The molecule has 2 aliphatic heterocycles. The Bertz CT molecular complexity index is 1190. The summed E-state index contributed by atoms with van der Waals surface area (Å²) >= 11 is 0. The number of nitrogens with zero attached hydrogens (tertiary/aromatic N) is 6. The largest absolute Gasteiger partial charge is 0.490 e. The van der Waals surface area contributed by atoms with Crippen LogP contribution < -0.4 is 10.6 Å². The molecule has 0 spiro atoms. The molecule has 1 amide bonds. The van der Waals surface area contributed by atoms with E-state index >= 15 is 0 Å². The third-order valence-electron chi connectivity index (χ3n) is 6.46. The van der Waals surface area contributed by atoms with Crippen molar-refractivity contribution in [2.45, 2.75) is 64.0 Å². The molecule has 12 nitrogen and oxygen atoms in total. The van der Waals surface area contributed by atoms with Crippen LogP contribution in [-0.4, -0.2) is 91.5 Å². The van der Waals surface area contributed by atoms with Gasteiger partial charge >= 0.3 is 24.3 Å². The number of carbonyl (C=O) groups is 3. The fraction of sp³-hybridized carbons (Fsp3) is 0.600. The highest BCUT2D eigenvalue weighted by molar-refractivity contribution is 5.94. The Labute approximate surface area is 242 Å². The van der Waals surface area contributed by atoms with E-state index < -0.39 is 29.8 Å². The van der Waals surface area contributed by atoms with Crippen molar-refractivity contribution >= 4 is 23.7 Å². The number of rotatable bonds is 5. The van der Waals surface area contributed by atoms with Crippen molar-refractivity contribution in [2.24, 2.45) is 11.7 Å². The van der Waals surface area contributed by atoms with E-state index in [9.17, 15) is 31.1 Å². The summed E-state index contributed by atoms with van der Waals surface area (Å²) in [6, 6.07) is 3.90. The van der Waals surface area contributed by atoms with E-state index in [1.165, 1.54) is 0 Å². The first-order chi connectivity index (χ1) is 19.8. The maximum atomic E-state index is 12.5. The molecular weight excluding hydrogens is 592 g/mol. The summed E-state index contributed by atoms with van der Waals surface area (Å²) in [4.78, 5) is 39.1. The van der Waals surface area contributed by atoms with Gasteiger partial charge in [-0.1, -0.05) is 5.21 Å². The summed E-state index contributed by atoms with van der Waals surface area (Å²) < 4.78 is 65.4. The molecule has 0 unspecified atom stereocenters. The first-order valence-electron chi connectivity index (χ1n) is 13.1. The van der Waals surface area contributed by atoms with Crippen molar-refractivity contribution in [1.82, 2.24) is 24.9 Å². The van der Waals surface area contributed by atoms with Gasteiger partial charge in [0.15, 0.2) is 0 Å². The second-order valence-electron chi connectivity index (χ2n) is 10.5. The van der Waals surface area contributed by atoms with Gasteiger partial charge in [0.05, 0.1) is 17.3 Å². The Morgan fingerprint density at radius 2 is 1.44 bits per heavy atom. The number of likely N-dealkylation sites (tertiary alicyclic amines) is 1. The lowest BCUT2D eigenvalue weighted by Gasteiger charge is -2.32. The van der Waals surface area contributed by atoms with Crippen LogP contribution in [0, 0.1) is 5.92 Å². The third kappa shape index (κ3) is 11.3. The SMILES string of the molecule is CC(C)(N)c1cn(CC2CCN(c3ccc(C(=O)N4CCCC4)cn3)CC2)nn1.O=C(O)C(F)(F)F.O=C(O)C(F)(F)F. The van der Waals surface area contributed by atoms with Crippen LogP contribution in [0.1, 0.15) is 55.6 Å². The molecule has 240 valence electrons. The number of carboxylic acids is 2. The number of aromatic nitrogens is 4. The number of halogens is 6. The molecule has 2 aromatic heterocycles. The Hall–Kier alpha value is -3.96. The highest BCUT2D eigenvalue weighted by Gasteiger charge is 2.39. The van der Waals surface area contributed by atoms with E-state index in [0.29, 0.717) is 11.5 Å². The zero-order valence-corrected chi connectivity index (χ0v) is 23.4. The van der Waals surface area contributed by atoms with Crippen LogP contribution in [0.4, 0.5) is 32.2 Å². The van der Waals surface area contributed by atoms with E-state index in [1.807, 2.05) is 41.8 Å². The number of nitrogens with two attached hydrogens (primary N) is 1. The zero-order chi connectivity index (χ0) is 32.6. The quantitative estimate of drug-likeness (QED) is 0.420. The minimum atomic E-state index is -5.08. The van der Waals surface area contributed by atoms with Crippen LogP contribution in [0.5, 0.6) is 0 Å². The maximum absolute atomic E-state index is 12.5. The molecule has 0 aromatic carbocycles. The molecule has 4 N–H and O–H groups in total. The van der Waals surface area contributed by atoms with Gasteiger partial charge in [0, 0.05) is 38.9 Å². The highest BCUT2D eigenvalue weighted by Crippen LogP contribution is 2.24. The topological polar surface area (TPSA) is 168 Å². The molecule has 0 bridgehead atoms. The number of anilines is 1. The van der Waals surface area contributed by atoms with Gasteiger partial charge in [-0.2, -0.15) is 26.3 Å². The van der Waals surface area contributed by atoms with Gasteiger partial charge in [-0.05, 0) is 57.6 Å². The first kappa shape index (κ1) is 35.2. The van der Waals surface area contributed by atoms with Crippen LogP contribution in [0.3, 0.4) is 0 Å². The highest BCUT2D eigenvalue weighted by atomic mass is 19.4. The fourth-order valence-corrected chi connectivity index (χ4v) is 4.09. The molecule has 43 heavy (non-hydrogen) atoms. The number of carbonyl (C=O) groups excluding carboxylic acids is 1. The van der Waals surface area contributed by atoms with E-state index in [4.69, 9.17) is 25.5 Å². The van der Waals surface area contributed by atoms with Crippen molar-refractivity contribution < 1.29 is 50.9 Å². The molecule has 2 saturated heterocycles. The minimum absolute atomic E-state index is 0.105. The molecule has 0 saturated carbocycles. The predicted octanol–water partition coefficient (Wildman–Crippen LogP) is 3.29. The molecule has 18 heteroatoms. The minimum Gasteiger partial charge on any atom is -0.475 e.